The summed E-state index contributed by atoms with van der Waals surface area (Å²) >= 11 is 0. The molecule has 3 heterocycles. The fraction of sp³-hybridized carbons (Fsp3) is 0.120. The molecule has 0 unspecified atom stereocenters. The van der Waals surface area contributed by atoms with Crippen molar-refractivity contribution in [3.8, 4) is 11.3 Å². The van der Waals surface area contributed by atoms with Gasteiger partial charge in [0.15, 0.2) is 0 Å². The Morgan fingerprint density at radius 2 is 1.72 bits per heavy atom. The summed E-state index contributed by atoms with van der Waals surface area (Å²) in [5.41, 5.74) is 4.28. The Balaban J connectivity index is 1.41. The van der Waals surface area contributed by atoms with Gasteiger partial charge in [-0.2, -0.15) is 10.1 Å². The molecule has 0 spiro atoms. The lowest BCUT2D eigenvalue weighted by atomic mass is 10.0. The molecule has 2 aliphatic rings. The van der Waals surface area contributed by atoms with Crippen LogP contribution in [0.2, 0.25) is 0 Å². The Labute approximate surface area is 184 Å². The van der Waals surface area contributed by atoms with Crippen molar-refractivity contribution in [3.05, 3.63) is 82.6 Å². The van der Waals surface area contributed by atoms with Gasteiger partial charge >= 0.3 is 0 Å². The highest BCUT2D eigenvalue weighted by atomic mass is 16.3. The first kappa shape index (κ1) is 19.7. The van der Waals surface area contributed by atoms with Crippen molar-refractivity contribution in [2.75, 3.05) is 5.01 Å². The molecule has 0 fully saturated rings. The summed E-state index contributed by atoms with van der Waals surface area (Å²) in [6, 6.07) is 16.2. The highest BCUT2D eigenvalue weighted by Crippen LogP contribution is 2.29. The van der Waals surface area contributed by atoms with E-state index in [4.69, 9.17) is 4.42 Å². The summed E-state index contributed by atoms with van der Waals surface area (Å²) in [6.07, 6.45) is 2.59. The predicted molar refractivity (Wildman–Crippen MR) is 120 cm³/mol. The molecule has 158 valence electrons. The van der Waals surface area contributed by atoms with E-state index in [0.717, 1.165) is 6.42 Å². The van der Waals surface area contributed by atoms with Gasteiger partial charge in [0.2, 0.25) is 0 Å². The monoisotopic (exact) mass is 425 g/mol. The smallest absolute Gasteiger partial charge is 0.280 e. The average molecular weight is 425 g/mol. The van der Waals surface area contributed by atoms with E-state index in [1.807, 2.05) is 24.3 Å². The predicted octanol–water partition coefficient (Wildman–Crippen LogP) is 4.20. The van der Waals surface area contributed by atoms with Crippen LogP contribution in [0.1, 0.15) is 45.9 Å². The van der Waals surface area contributed by atoms with Gasteiger partial charge in [0.25, 0.3) is 17.7 Å². The maximum atomic E-state index is 13.0. The van der Waals surface area contributed by atoms with Crippen LogP contribution in [0.5, 0.6) is 0 Å². The molecule has 3 aromatic rings. The van der Waals surface area contributed by atoms with Crippen LogP contribution >= 0.6 is 0 Å². The fourth-order valence-corrected chi connectivity index (χ4v) is 3.78. The molecule has 0 atom stereocenters. The highest BCUT2D eigenvalue weighted by molar-refractivity contribution is 6.32. The second-order valence-electron chi connectivity index (χ2n) is 7.63. The molecular formula is C25H19N3O4. The lowest BCUT2D eigenvalue weighted by Gasteiger charge is -2.12. The van der Waals surface area contributed by atoms with Crippen molar-refractivity contribution >= 4 is 35.2 Å². The lowest BCUT2D eigenvalue weighted by molar-refractivity contribution is -0.114. The summed E-state index contributed by atoms with van der Waals surface area (Å²) in [5.74, 6) is -0.0284. The Kier molecular flexibility index (Phi) is 4.59. The van der Waals surface area contributed by atoms with Crippen molar-refractivity contribution in [1.82, 2.24) is 5.32 Å². The van der Waals surface area contributed by atoms with Crippen molar-refractivity contribution in [2.24, 2.45) is 5.10 Å². The van der Waals surface area contributed by atoms with E-state index in [-0.39, 0.29) is 5.91 Å². The summed E-state index contributed by atoms with van der Waals surface area (Å²) in [5, 5.41) is 8.07. The third kappa shape index (κ3) is 3.24. The van der Waals surface area contributed by atoms with Crippen LogP contribution in [-0.4, -0.2) is 23.4 Å². The van der Waals surface area contributed by atoms with Crippen molar-refractivity contribution in [1.29, 1.82) is 0 Å². The molecule has 0 bridgehead atoms. The number of amides is 3. The first-order valence-electron chi connectivity index (χ1n) is 10.2. The number of aryl methyl sites for hydroxylation is 1. The molecule has 0 radical (unpaired) electrons. The standard InChI is InChI=1S/C25H19N3O4/c1-3-15-4-7-17(8-5-15)28-25(31)20(14(2)27-28)13-18-9-11-22(32-18)16-6-10-19-21(12-16)24(30)26-23(19)29/h4-13H,3H2,1-2H3,(H,26,29,30)/b20-13+. The molecule has 2 aliphatic heterocycles. The van der Waals surface area contributed by atoms with Gasteiger partial charge in [-0.15, -0.1) is 0 Å². The first-order chi connectivity index (χ1) is 15.4. The molecule has 7 heteroatoms. The molecular weight excluding hydrogens is 406 g/mol. The zero-order valence-electron chi connectivity index (χ0n) is 17.5. The van der Waals surface area contributed by atoms with Gasteiger partial charge in [0, 0.05) is 5.56 Å². The first-order valence-corrected chi connectivity index (χ1v) is 10.2. The molecule has 1 N–H and O–H groups in total. The number of hydrazone groups is 1. The number of benzene rings is 2. The summed E-state index contributed by atoms with van der Waals surface area (Å²) in [6.45, 7) is 3.86. The van der Waals surface area contributed by atoms with E-state index in [0.29, 0.717) is 45.2 Å². The number of furan rings is 1. The van der Waals surface area contributed by atoms with Gasteiger partial charge in [0.1, 0.15) is 11.5 Å². The number of nitrogens with one attached hydrogen (secondary N) is 1. The van der Waals surface area contributed by atoms with E-state index < -0.39 is 11.8 Å². The van der Waals surface area contributed by atoms with Gasteiger partial charge in [0.05, 0.1) is 28.1 Å². The van der Waals surface area contributed by atoms with Gasteiger partial charge < -0.3 is 4.42 Å². The molecule has 7 nitrogen and oxygen atoms in total. The quantitative estimate of drug-likeness (QED) is 0.501. The summed E-state index contributed by atoms with van der Waals surface area (Å²) < 4.78 is 5.90. The molecule has 0 aliphatic carbocycles. The van der Waals surface area contributed by atoms with Crippen molar-refractivity contribution in [2.45, 2.75) is 20.3 Å². The molecule has 1 aromatic heterocycles. The lowest BCUT2D eigenvalue weighted by Crippen LogP contribution is -2.21. The normalized spacial score (nSPS) is 16.6. The molecule has 32 heavy (non-hydrogen) atoms. The minimum Gasteiger partial charge on any atom is -0.457 e. The van der Waals surface area contributed by atoms with Gasteiger partial charge in [-0.05, 0) is 61.4 Å². The third-order valence-electron chi connectivity index (χ3n) is 5.59. The highest BCUT2D eigenvalue weighted by Gasteiger charge is 2.29. The van der Waals surface area contributed by atoms with E-state index in [9.17, 15) is 14.4 Å². The van der Waals surface area contributed by atoms with Gasteiger partial charge in [-0.25, -0.2) is 0 Å². The van der Waals surface area contributed by atoms with Gasteiger partial charge in [-0.1, -0.05) is 25.1 Å². The number of carbonyl (C=O) groups excluding carboxylic acids is 3. The van der Waals surface area contributed by atoms with Crippen molar-refractivity contribution < 1.29 is 18.8 Å². The molecule has 3 amide bonds. The second-order valence-corrected chi connectivity index (χ2v) is 7.63. The zero-order valence-corrected chi connectivity index (χ0v) is 17.5. The van der Waals surface area contributed by atoms with Crippen LogP contribution in [0.3, 0.4) is 0 Å². The SMILES string of the molecule is CCc1ccc(N2N=C(C)/C(=C\c3ccc(-c4ccc5c(c4)C(=O)NC5=O)o3)C2=O)cc1. The van der Waals surface area contributed by atoms with Crippen LogP contribution in [0.25, 0.3) is 17.4 Å². The second kappa shape index (κ2) is 7.46. The van der Waals surface area contributed by atoms with Crippen molar-refractivity contribution in [3.63, 3.8) is 0 Å². The Morgan fingerprint density at radius 3 is 2.47 bits per heavy atom. The molecule has 5 rings (SSSR count). The number of imide groups is 1. The minimum absolute atomic E-state index is 0.225. The molecule has 2 aromatic carbocycles. The minimum atomic E-state index is -0.420. The number of carbonyl (C=O) groups is 3. The van der Waals surface area contributed by atoms with E-state index in [1.54, 1.807) is 43.3 Å². The number of hydrogen-bond donors (Lipinski definition) is 1. The van der Waals surface area contributed by atoms with E-state index in [2.05, 4.69) is 17.3 Å². The van der Waals surface area contributed by atoms with Crippen LogP contribution in [0.15, 0.2) is 69.7 Å². The van der Waals surface area contributed by atoms with Gasteiger partial charge in [-0.3, -0.25) is 19.7 Å². The Morgan fingerprint density at radius 1 is 0.969 bits per heavy atom. The fourth-order valence-electron chi connectivity index (χ4n) is 3.78. The topological polar surface area (TPSA) is 92.0 Å². The van der Waals surface area contributed by atoms with E-state index in [1.165, 1.54) is 10.6 Å². The number of hydrogen-bond acceptors (Lipinski definition) is 5. The number of rotatable bonds is 4. The van der Waals surface area contributed by atoms with E-state index >= 15 is 0 Å². The third-order valence-corrected chi connectivity index (χ3v) is 5.59. The Hall–Kier alpha value is -4.26. The summed E-state index contributed by atoms with van der Waals surface area (Å²) in [4.78, 5) is 36.6. The van der Waals surface area contributed by atoms with Crippen LogP contribution in [0.4, 0.5) is 5.69 Å². The number of nitrogens with zero attached hydrogens (tertiary/aromatic N) is 2. The average Bonchev–Trinajstić information content (AvgIpc) is 3.47. The largest absolute Gasteiger partial charge is 0.457 e. The molecule has 0 saturated heterocycles. The summed E-state index contributed by atoms with van der Waals surface area (Å²) in [7, 11) is 0. The Bertz CT molecular complexity index is 1350. The van der Waals surface area contributed by atoms with Crippen LogP contribution in [-0.2, 0) is 11.2 Å². The molecule has 0 saturated carbocycles. The van der Waals surface area contributed by atoms with Crippen LogP contribution < -0.4 is 10.3 Å². The van der Waals surface area contributed by atoms with Crippen LogP contribution in [0, 0.1) is 0 Å². The zero-order chi connectivity index (χ0) is 22.4. The number of anilines is 1. The maximum absolute atomic E-state index is 13.0. The number of fused-ring (bicyclic) bond motifs is 1. The maximum Gasteiger partial charge on any atom is 0.280 e.